The molecule has 0 aliphatic heterocycles. The number of nitrogens with two attached hydrogens (primary N) is 2. The third kappa shape index (κ3) is 3.03. The molecule has 0 saturated carbocycles. The van der Waals surface area contributed by atoms with Crippen LogP contribution in [0, 0.1) is 0 Å². The standard InChI is InChI=1S/C11H18N4O3S/c1-7(2)15(3)19(17,18)8-4-5-10(12)9(6-8)11(16)14-13/h4-7H,12-13H2,1-3H3,(H,14,16). The lowest BCUT2D eigenvalue weighted by Gasteiger charge is -2.21. The molecule has 1 rings (SSSR count). The first kappa shape index (κ1) is 15.4. The van der Waals surface area contributed by atoms with E-state index in [1.165, 1.54) is 29.6 Å². The van der Waals surface area contributed by atoms with Gasteiger partial charge in [0.15, 0.2) is 0 Å². The van der Waals surface area contributed by atoms with Gasteiger partial charge in [-0.25, -0.2) is 14.3 Å². The Balaban J connectivity index is 3.34. The highest BCUT2D eigenvalue weighted by Gasteiger charge is 2.24. The molecule has 0 bridgehead atoms. The molecule has 0 spiro atoms. The minimum absolute atomic E-state index is 0.00324. The van der Waals surface area contributed by atoms with Crippen LogP contribution in [0.15, 0.2) is 23.1 Å². The number of benzene rings is 1. The van der Waals surface area contributed by atoms with Crippen LogP contribution in [0.4, 0.5) is 5.69 Å². The first-order valence-electron chi connectivity index (χ1n) is 5.60. The Bertz CT molecular complexity index is 584. The molecule has 19 heavy (non-hydrogen) atoms. The van der Waals surface area contributed by atoms with Gasteiger partial charge in [-0.3, -0.25) is 10.2 Å². The van der Waals surface area contributed by atoms with E-state index in [-0.39, 0.29) is 22.2 Å². The van der Waals surface area contributed by atoms with Crippen molar-refractivity contribution in [1.29, 1.82) is 0 Å². The molecule has 0 aliphatic carbocycles. The van der Waals surface area contributed by atoms with Crippen LogP contribution < -0.4 is 17.0 Å². The molecule has 0 radical (unpaired) electrons. The van der Waals surface area contributed by atoms with E-state index in [9.17, 15) is 13.2 Å². The summed E-state index contributed by atoms with van der Waals surface area (Å²) in [6, 6.07) is 3.74. The highest BCUT2D eigenvalue weighted by molar-refractivity contribution is 7.89. The predicted molar refractivity (Wildman–Crippen MR) is 72.6 cm³/mol. The first-order chi connectivity index (χ1) is 8.71. The normalized spacial score (nSPS) is 11.9. The fourth-order valence-corrected chi connectivity index (χ4v) is 2.81. The van der Waals surface area contributed by atoms with E-state index >= 15 is 0 Å². The van der Waals surface area contributed by atoms with E-state index in [2.05, 4.69) is 0 Å². The Labute approximate surface area is 112 Å². The van der Waals surface area contributed by atoms with Crippen LogP contribution in [-0.4, -0.2) is 31.7 Å². The van der Waals surface area contributed by atoms with Crippen molar-refractivity contribution < 1.29 is 13.2 Å². The summed E-state index contributed by atoms with van der Waals surface area (Å²) in [4.78, 5) is 11.5. The van der Waals surface area contributed by atoms with Crippen LogP contribution >= 0.6 is 0 Å². The van der Waals surface area contributed by atoms with E-state index in [0.717, 1.165) is 0 Å². The van der Waals surface area contributed by atoms with Crippen molar-refractivity contribution in [1.82, 2.24) is 9.73 Å². The zero-order valence-electron chi connectivity index (χ0n) is 11.0. The van der Waals surface area contributed by atoms with E-state index in [0.29, 0.717) is 0 Å². The molecule has 0 aliphatic rings. The lowest BCUT2D eigenvalue weighted by Crippen LogP contribution is -2.34. The van der Waals surface area contributed by atoms with Crippen LogP contribution in [-0.2, 0) is 10.0 Å². The maximum atomic E-state index is 12.3. The lowest BCUT2D eigenvalue weighted by molar-refractivity contribution is 0.0954. The number of rotatable bonds is 4. The van der Waals surface area contributed by atoms with Crippen molar-refractivity contribution in [3.05, 3.63) is 23.8 Å². The number of hydrazine groups is 1. The highest BCUT2D eigenvalue weighted by atomic mass is 32.2. The van der Waals surface area contributed by atoms with Crippen LogP contribution in [0.3, 0.4) is 0 Å². The zero-order valence-corrected chi connectivity index (χ0v) is 11.9. The molecule has 0 fully saturated rings. The van der Waals surface area contributed by atoms with Gasteiger partial charge in [0.25, 0.3) is 5.91 Å². The van der Waals surface area contributed by atoms with E-state index < -0.39 is 15.9 Å². The van der Waals surface area contributed by atoms with Crippen LogP contribution in [0.2, 0.25) is 0 Å². The van der Waals surface area contributed by atoms with Crippen molar-refractivity contribution >= 4 is 21.6 Å². The van der Waals surface area contributed by atoms with E-state index in [1.807, 2.05) is 5.43 Å². The van der Waals surface area contributed by atoms with E-state index in [1.54, 1.807) is 13.8 Å². The Morgan fingerprint density at radius 1 is 1.37 bits per heavy atom. The summed E-state index contributed by atoms with van der Waals surface area (Å²) in [7, 11) is -2.19. The van der Waals surface area contributed by atoms with Gasteiger partial charge in [0, 0.05) is 18.8 Å². The van der Waals surface area contributed by atoms with Gasteiger partial charge in [0.05, 0.1) is 10.5 Å². The van der Waals surface area contributed by atoms with Gasteiger partial charge in [0.2, 0.25) is 10.0 Å². The summed E-state index contributed by atoms with van der Waals surface area (Å²) < 4.78 is 25.8. The predicted octanol–water partition coefficient (Wildman–Crippen LogP) is -0.0988. The van der Waals surface area contributed by atoms with Crippen molar-refractivity contribution in [2.24, 2.45) is 5.84 Å². The lowest BCUT2D eigenvalue weighted by atomic mass is 10.2. The van der Waals surface area contributed by atoms with Gasteiger partial charge >= 0.3 is 0 Å². The van der Waals surface area contributed by atoms with Crippen LogP contribution in [0.1, 0.15) is 24.2 Å². The summed E-state index contributed by atoms with van der Waals surface area (Å²) >= 11 is 0. The number of carbonyl (C=O) groups excluding carboxylic acids is 1. The fraction of sp³-hybridized carbons (Fsp3) is 0.364. The molecule has 0 unspecified atom stereocenters. The second kappa shape index (κ2) is 5.55. The molecule has 106 valence electrons. The molecule has 0 heterocycles. The van der Waals surface area contributed by atoms with Gasteiger partial charge in [-0.2, -0.15) is 4.31 Å². The maximum absolute atomic E-state index is 12.3. The number of carbonyl (C=O) groups is 1. The highest BCUT2D eigenvalue weighted by Crippen LogP contribution is 2.21. The Morgan fingerprint density at radius 2 is 1.95 bits per heavy atom. The van der Waals surface area contributed by atoms with Crippen molar-refractivity contribution in [3.63, 3.8) is 0 Å². The van der Waals surface area contributed by atoms with Gasteiger partial charge < -0.3 is 5.73 Å². The second-order valence-corrected chi connectivity index (χ2v) is 6.34. The van der Waals surface area contributed by atoms with Crippen molar-refractivity contribution in [3.8, 4) is 0 Å². The molecule has 1 amide bonds. The molecule has 0 saturated heterocycles. The molecule has 1 aromatic carbocycles. The molecular weight excluding hydrogens is 268 g/mol. The average molecular weight is 286 g/mol. The molecule has 0 aromatic heterocycles. The monoisotopic (exact) mass is 286 g/mol. The molecule has 5 N–H and O–H groups in total. The van der Waals surface area contributed by atoms with Crippen LogP contribution in [0.25, 0.3) is 0 Å². The number of nitrogens with zero attached hydrogens (tertiary/aromatic N) is 1. The Kier molecular flexibility index (Phi) is 4.51. The summed E-state index contributed by atoms with van der Waals surface area (Å²) in [5, 5.41) is 0. The average Bonchev–Trinajstić information content (AvgIpc) is 2.36. The van der Waals surface area contributed by atoms with Gasteiger partial charge in [-0.05, 0) is 32.0 Å². The topological polar surface area (TPSA) is 119 Å². The molecule has 1 aromatic rings. The number of hydrogen-bond acceptors (Lipinski definition) is 5. The number of anilines is 1. The summed E-state index contributed by atoms with van der Waals surface area (Å²) in [5.74, 6) is 4.39. The number of amides is 1. The van der Waals surface area contributed by atoms with Gasteiger partial charge in [-0.1, -0.05) is 0 Å². The minimum Gasteiger partial charge on any atom is -0.398 e. The molecule has 0 atom stereocenters. The molecule has 7 nitrogen and oxygen atoms in total. The molecular formula is C11H18N4O3S. The summed E-state index contributed by atoms with van der Waals surface area (Å²) in [5.41, 5.74) is 7.74. The van der Waals surface area contributed by atoms with Crippen molar-refractivity contribution in [2.75, 3.05) is 12.8 Å². The van der Waals surface area contributed by atoms with Crippen molar-refractivity contribution in [2.45, 2.75) is 24.8 Å². The SMILES string of the molecule is CC(C)N(C)S(=O)(=O)c1ccc(N)c(C(=O)NN)c1. The van der Waals surface area contributed by atoms with Gasteiger partial charge in [0.1, 0.15) is 0 Å². The van der Waals surface area contributed by atoms with E-state index in [4.69, 9.17) is 11.6 Å². The number of hydrogen-bond donors (Lipinski definition) is 3. The summed E-state index contributed by atoms with van der Waals surface area (Å²) in [6.45, 7) is 3.50. The Hall–Kier alpha value is -1.64. The number of sulfonamides is 1. The zero-order chi connectivity index (χ0) is 14.8. The third-order valence-electron chi connectivity index (χ3n) is 2.80. The van der Waals surface area contributed by atoms with Gasteiger partial charge in [-0.15, -0.1) is 0 Å². The van der Waals surface area contributed by atoms with Crippen LogP contribution in [0.5, 0.6) is 0 Å². The Morgan fingerprint density at radius 3 is 2.42 bits per heavy atom. The number of nitrogen functional groups attached to an aromatic ring is 2. The summed E-state index contributed by atoms with van der Waals surface area (Å²) in [6.07, 6.45) is 0. The third-order valence-corrected chi connectivity index (χ3v) is 4.83. The largest absolute Gasteiger partial charge is 0.398 e. The minimum atomic E-state index is -3.66. The maximum Gasteiger partial charge on any atom is 0.267 e. The second-order valence-electron chi connectivity index (χ2n) is 4.34. The molecule has 8 heteroatoms. The smallest absolute Gasteiger partial charge is 0.267 e. The number of nitrogens with one attached hydrogen (secondary N) is 1. The fourth-order valence-electron chi connectivity index (χ4n) is 1.41. The first-order valence-corrected chi connectivity index (χ1v) is 7.04. The quantitative estimate of drug-likeness (QED) is 0.309.